The van der Waals surface area contributed by atoms with Gasteiger partial charge in [0.25, 0.3) is 5.91 Å². The molecule has 1 heterocycles. The lowest BCUT2D eigenvalue weighted by Gasteiger charge is -2.13. The van der Waals surface area contributed by atoms with Crippen LogP contribution in [-0.4, -0.2) is 11.8 Å². The number of halogens is 1. The summed E-state index contributed by atoms with van der Waals surface area (Å²) in [6.07, 6.45) is 1.87. The molecule has 0 bridgehead atoms. The molecule has 0 aliphatic carbocycles. The number of anilines is 1. The van der Waals surface area contributed by atoms with E-state index < -0.39 is 0 Å². The maximum absolute atomic E-state index is 12.4. The molecule has 0 saturated carbocycles. The molecule has 0 aromatic heterocycles. The minimum absolute atomic E-state index is 0.111. The third kappa shape index (κ3) is 2.73. The van der Waals surface area contributed by atoms with E-state index in [1.54, 1.807) is 30.3 Å². The lowest BCUT2D eigenvalue weighted by Crippen LogP contribution is -2.28. The normalized spacial score (nSPS) is 16.8. The molecule has 0 unspecified atom stereocenters. The van der Waals surface area contributed by atoms with E-state index in [2.05, 4.69) is 0 Å². The highest BCUT2D eigenvalue weighted by Crippen LogP contribution is 2.28. The summed E-state index contributed by atoms with van der Waals surface area (Å²) in [5.41, 5.74) is 1.90. The zero-order valence-electron chi connectivity index (χ0n) is 11.1. The number of carbonyl (C=O) groups is 2. The molecule has 1 aliphatic heterocycles. The molecule has 0 atom stereocenters. The third-order valence-corrected chi connectivity index (χ3v) is 3.51. The van der Waals surface area contributed by atoms with Gasteiger partial charge in [-0.25, -0.2) is 4.90 Å². The van der Waals surface area contributed by atoms with Gasteiger partial charge in [0.1, 0.15) is 0 Å². The van der Waals surface area contributed by atoms with Crippen LogP contribution >= 0.6 is 11.6 Å². The van der Waals surface area contributed by atoms with E-state index in [4.69, 9.17) is 11.6 Å². The molecule has 0 spiro atoms. The average Bonchev–Trinajstić information content (AvgIpc) is 2.74. The summed E-state index contributed by atoms with van der Waals surface area (Å²) in [6.45, 7) is 0. The number of carbonyl (C=O) groups excluding carboxylic acids is 2. The van der Waals surface area contributed by atoms with Crippen LogP contribution in [0.2, 0.25) is 5.02 Å². The summed E-state index contributed by atoms with van der Waals surface area (Å²) in [5, 5.41) is 0.494. The van der Waals surface area contributed by atoms with Crippen molar-refractivity contribution >= 4 is 35.2 Å². The number of hydrogen-bond acceptors (Lipinski definition) is 2. The minimum Gasteiger partial charge on any atom is -0.274 e. The Morgan fingerprint density at radius 2 is 1.76 bits per heavy atom. The topological polar surface area (TPSA) is 37.4 Å². The number of amides is 2. The maximum atomic E-state index is 12.4. The Morgan fingerprint density at radius 3 is 2.48 bits per heavy atom. The second-order valence-electron chi connectivity index (χ2n) is 4.77. The molecule has 2 aromatic carbocycles. The van der Waals surface area contributed by atoms with Crippen molar-refractivity contribution in [3.8, 4) is 0 Å². The second kappa shape index (κ2) is 5.54. The molecule has 4 heteroatoms. The monoisotopic (exact) mass is 297 g/mol. The first-order valence-electron chi connectivity index (χ1n) is 6.53. The van der Waals surface area contributed by atoms with Crippen molar-refractivity contribution in [2.45, 2.75) is 6.42 Å². The van der Waals surface area contributed by atoms with E-state index >= 15 is 0 Å². The van der Waals surface area contributed by atoms with Crippen molar-refractivity contribution in [2.24, 2.45) is 0 Å². The first kappa shape index (κ1) is 13.6. The fourth-order valence-electron chi connectivity index (χ4n) is 2.31. The van der Waals surface area contributed by atoms with Gasteiger partial charge in [0.05, 0.1) is 12.1 Å². The van der Waals surface area contributed by atoms with E-state index in [9.17, 15) is 9.59 Å². The first-order valence-corrected chi connectivity index (χ1v) is 6.91. The largest absolute Gasteiger partial charge is 0.274 e. The molecule has 21 heavy (non-hydrogen) atoms. The summed E-state index contributed by atoms with van der Waals surface area (Å²) in [5.74, 6) is -0.518. The van der Waals surface area contributed by atoms with Gasteiger partial charge >= 0.3 is 0 Å². The van der Waals surface area contributed by atoms with Crippen LogP contribution < -0.4 is 4.90 Å². The average molecular weight is 298 g/mol. The zero-order chi connectivity index (χ0) is 14.8. The van der Waals surface area contributed by atoms with Crippen molar-refractivity contribution in [3.63, 3.8) is 0 Å². The molecule has 1 fully saturated rings. The molecular weight excluding hydrogens is 286 g/mol. The molecule has 2 amide bonds. The Labute approximate surface area is 127 Å². The zero-order valence-corrected chi connectivity index (χ0v) is 11.9. The summed E-state index contributed by atoms with van der Waals surface area (Å²) >= 11 is 5.92. The Kier molecular flexibility index (Phi) is 3.59. The van der Waals surface area contributed by atoms with Crippen molar-refractivity contribution in [2.75, 3.05) is 4.90 Å². The van der Waals surface area contributed by atoms with Crippen molar-refractivity contribution in [1.29, 1.82) is 0 Å². The molecule has 3 nitrogen and oxygen atoms in total. The number of imide groups is 1. The van der Waals surface area contributed by atoms with Gasteiger partial charge in [-0.2, -0.15) is 0 Å². The van der Waals surface area contributed by atoms with E-state index in [-0.39, 0.29) is 18.2 Å². The van der Waals surface area contributed by atoms with Gasteiger partial charge in [0, 0.05) is 10.6 Å². The Balaban J connectivity index is 1.94. The van der Waals surface area contributed by atoms with Crippen LogP contribution in [0.1, 0.15) is 12.0 Å². The maximum Gasteiger partial charge on any atom is 0.261 e. The molecule has 3 rings (SSSR count). The van der Waals surface area contributed by atoms with Gasteiger partial charge in [-0.3, -0.25) is 9.59 Å². The predicted molar refractivity (Wildman–Crippen MR) is 83.0 cm³/mol. The number of rotatable bonds is 2. The molecule has 1 saturated heterocycles. The van der Waals surface area contributed by atoms with Crippen LogP contribution in [0.3, 0.4) is 0 Å². The third-order valence-electron chi connectivity index (χ3n) is 3.28. The van der Waals surface area contributed by atoms with Crippen LogP contribution in [0.25, 0.3) is 6.08 Å². The smallest absolute Gasteiger partial charge is 0.261 e. The predicted octanol–water partition coefficient (Wildman–Crippen LogP) is 3.69. The summed E-state index contributed by atoms with van der Waals surface area (Å²) in [6, 6.07) is 16.2. The quantitative estimate of drug-likeness (QED) is 0.626. The Morgan fingerprint density at radius 1 is 1.00 bits per heavy atom. The van der Waals surface area contributed by atoms with Crippen molar-refractivity contribution < 1.29 is 9.59 Å². The highest BCUT2D eigenvalue weighted by Gasteiger charge is 2.34. The van der Waals surface area contributed by atoms with Gasteiger partial charge < -0.3 is 0 Å². The number of nitrogens with zero attached hydrogens (tertiary/aromatic N) is 1. The van der Waals surface area contributed by atoms with Gasteiger partial charge in [0.15, 0.2) is 0 Å². The molecule has 2 aromatic rings. The molecule has 0 radical (unpaired) electrons. The summed E-state index contributed by atoms with van der Waals surface area (Å²) in [7, 11) is 0. The van der Waals surface area contributed by atoms with E-state index in [0.29, 0.717) is 16.3 Å². The number of benzene rings is 2. The molecular formula is C17H12ClNO2. The molecule has 1 aliphatic rings. The minimum atomic E-state index is -0.286. The summed E-state index contributed by atoms with van der Waals surface area (Å²) < 4.78 is 0. The molecule has 0 N–H and O–H groups in total. The highest BCUT2D eigenvalue weighted by molar-refractivity contribution is 6.32. The van der Waals surface area contributed by atoms with E-state index in [0.717, 1.165) is 5.56 Å². The van der Waals surface area contributed by atoms with Crippen LogP contribution in [-0.2, 0) is 9.59 Å². The van der Waals surface area contributed by atoms with E-state index in [1.165, 1.54) is 4.90 Å². The van der Waals surface area contributed by atoms with Gasteiger partial charge in [0.2, 0.25) is 5.91 Å². The fraction of sp³-hybridized carbons (Fsp3) is 0.0588. The van der Waals surface area contributed by atoms with Crippen molar-refractivity contribution in [3.05, 3.63) is 70.8 Å². The second-order valence-corrected chi connectivity index (χ2v) is 5.21. The van der Waals surface area contributed by atoms with Gasteiger partial charge in [-0.05, 0) is 29.8 Å². The van der Waals surface area contributed by atoms with Crippen LogP contribution in [0, 0.1) is 0 Å². The Hall–Kier alpha value is -2.39. The van der Waals surface area contributed by atoms with Crippen LogP contribution in [0.5, 0.6) is 0 Å². The SMILES string of the molecule is O=C1C/C(=C\c2ccccc2)C(=O)N1c1cccc(Cl)c1. The molecule has 104 valence electrons. The highest BCUT2D eigenvalue weighted by atomic mass is 35.5. The standard InChI is InChI=1S/C17H12ClNO2/c18-14-7-4-8-15(11-14)19-16(20)10-13(17(19)21)9-12-5-2-1-3-6-12/h1-9,11H,10H2/b13-9+. The summed E-state index contributed by atoms with van der Waals surface area (Å²) in [4.78, 5) is 25.7. The lowest BCUT2D eigenvalue weighted by atomic mass is 10.1. The van der Waals surface area contributed by atoms with Crippen molar-refractivity contribution in [1.82, 2.24) is 0 Å². The Bertz CT molecular complexity index is 737. The van der Waals surface area contributed by atoms with Crippen LogP contribution in [0.4, 0.5) is 5.69 Å². The lowest BCUT2D eigenvalue weighted by molar-refractivity contribution is -0.120. The fourth-order valence-corrected chi connectivity index (χ4v) is 2.50. The van der Waals surface area contributed by atoms with Gasteiger partial charge in [-0.1, -0.05) is 48.0 Å². The first-order chi connectivity index (χ1) is 10.1. The van der Waals surface area contributed by atoms with Crippen LogP contribution in [0.15, 0.2) is 60.2 Å². The van der Waals surface area contributed by atoms with E-state index in [1.807, 2.05) is 30.3 Å². The van der Waals surface area contributed by atoms with Gasteiger partial charge in [-0.15, -0.1) is 0 Å². The number of hydrogen-bond donors (Lipinski definition) is 0.